The van der Waals surface area contributed by atoms with Crippen LogP contribution >= 0.6 is 0 Å². The van der Waals surface area contributed by atoms with Gasteiger partial charge in [-0.1, -0.05) is 73.7 Å². The summed E-state index contributed by atoms with van der Waals surface area (Å²) in [4.78, 5) is 80.3. The van der Waals surface area contributed by atoms with E-state index >= 15 is 0 Å². The maximum atomic E-state index is 14.3. The molecule has 4 aliphatic rings. The molecule has 17 heteroatoms. The molecule has 6 bridgehead atoms. The Bertz CT molecular complexity index is 2090. The van der Waals surface area contributed by atoms with Crippen molar-refractivity contribution in [3.05, 3.63) is 107 Å². The van der Waals surface area contributed by atoms with Crippen LogP contribution in [-0.4, -0.2) is 99.5 Å². The average molecular weight is 824 g/mol. The normalized spacial score (nSPS) is 19.1. The molecule has 17 nitrogen and oxygen atoms in total. The second-order valence-corrected chi connectivity index (χ2v) is 15.1. The predicted molar refractivity (Wildman–Crippen MR) is 222 cm³/mol. The molecule has 0 radical (unpaired) electrons. The Morgan fingerprint density at radius 1 is 0.867 bits per heavy atom. The highest BCUT2D eigenvalue weighted by Gasteiger charge is 2.33. The molecule has 0 saturated heterocycles. The molecule has 1 aromatic heterocycles. The Hall–Kier alpha value is -6.62. The third-order valence-corrected chi connectivity index (χ3v) is 10.1. The Balaban J connectivity index is 1.46. The lowest BCUT2D eigenvalue weighted by Crippen LogP contribution is -2.60. The van der Waals surface area contributed by atoms with Crippen molar-refractivity contribution in [3.8, 4) is 5.75 Å². The minimum absolute atomic E-state index is 0.00392. The van der Waals surface area contributed by atoms with Gasteiger partial charge in [0.15, 0.2) is 0 Å². The first-order valence-electron chi connectivity index (χ1n) is 19.9. The predicted octanol–water partition coefficient (Wildman–Crippen LogP) is 1.56. The molecule has 5 heterocycles. The van der Waals surface area contributed by atoms with E-state index in [1.165, 1.54) is 0 Å². The van der Waals surface area contributed by atoms with E-state index in [4.69, 9.17) is 4.74 Å². The van der Waals surface area contributed by atoms with E-state index in [1.54, 1.807) is 118 Å². The van der Waals surface area contributed by atoms with Gasteiger partial charge in [-0.05, 0) is 60.8 Å². The number of aryl methyl sites for hydroxylation is 1. The van der Waals surface area contributed by atoms with E-state index in [1.807, 2.05) is 0 Å². The zero-order chi connectivity index (χ0) is 43.2. The fourth-order valence-corrected chi connectivity index (χ4v) is 6.42. The lowest BCUT2D eigenvalue weighted by Gasteiger charge is -2.28. The second-order valence-electron chi connectivity index (χ2n) is 15.1. The fraction of sp³-hybridized carbons (Fsp3) is 0.395. The number of amides is 5. The van der Waals surface area contributed by atoms with Gasteiger partial charge in [-0.15, -0.1) is 5.10 Å². The minimum Gasteiger partial charge on any atom is -0.492 e. The van der Waals surface area contributed by atoms with Crippen molar-refractivity contribution in [2.75, 3.05) is 19.0 Å². The first-order valence-corrected chi connectivity index (χ1v) is 19.9. The van der Waals surface area contributed by atoms with Crippen molar-refractivity contribution in [2.45, 2.75) is 89.6 Å². The molecule has 0 spiro atoms. The van der Waals surface area contributed by atoms with Crippen molar-refractivity contribution in [1.29, 1.82) is 0 Å². The number of hydrogen-bond acceptors (Lipinski definition) is 10. The third kappa shape index (κ3) is 13.2. The highest BCUT2D eigenvalue weighted by molar-refractivity contribution is 5.96. The Kier molecular flexibility index (Phi) is 15.9. The summed E-state index contributed by atoms with van der Waals surface area (Å²) in [5.74, 6) is -3.80. The topological polar surface area (TPSA) is 235 Å². The van der Waals surface area contributed by atoms with Crippen LogP contribution in [0.15, 0.2) is 85.1 Å². The van der Waals surface area contributed by atoms with Gasteiger partial charge in [0, 0.05) is 44.0 Å². The van der Waals surface area contributed by atoms with E-state index in [0.29, 0.717) is 46.8 Å². The SMILES string of the molecule is CN[C@@H](C)C(=O)N[C@H](C(=O)N[C@H]1Cc2ccc(cc2)OCCn2cc(nn2)CCC(=O)Nc2ccc(cc2)C[C@@H](C(=O)O)NC(=O)[C@H](Cc2ccccc2)NC1=O)C(C)C. The first kappa shape index (κ1) is 44.5. The molecule has 4 aliphatic heterocycles. The van der Waals surface area contributed by atoms with Crippen molar-refractivity contribution < 1.29 is 38.6 Å². The zero-order valence-electron chi connectivity index (χ0n) is 34.1. The maximum Gasteiger partial charge on any atom is 0.326 e. The maximum absolute atomic E-state index is 14.3. The van der Waals surface area contributed by atoms with Gasteiger partial charge in [-0.2, -0.15) is 0 Å². The van der Waals surface area contributed by atoms with Crippen LogP contribution in [0.1, 0.15) is 49.6 Å². The molecule has 60 heavy (non-hydrogen) atoms. The number of ether oxygens (including phenoxy) is 1. The van der Waals surface area contributed by atoms with Crippen molar-refractivity contribution in [2.24, 2.45) is 5.92 Å². The van der Waals surface area contributed by atoms with E-state index in [2.05, 4.69) is 42.2 Å². The number of carbonyl (C=O) groups is 6. The van der Waals surface area contributed by atoms with Crippen molar-refractivity contribution >= 4 is 41.2 Å². The standard InChI is InChI=1S/C43H53N9O8/c1-26(2)38(49-39(54)27(3)44-4)42(57)47-35-23-30-12-17-33(18-13-30)60-21-20-52-25-32(50-51-52)16-19-37(53)45-31-14-10-29(11-15-31)24-36(43(58)59)48-41(56)34(46-40(35)55)22-28-8-6-5-7-9-28/h5-15,17-18,25-27,34-36,38,44H,16,19-24H2,1-4H3,(H,45,53)(H,46,55)(H,47,57)(H,48,56)(H,49,54)(H,58,59)/t27-,34-,35-,36-,38-/m0/s1. The number of carboxylic acids is 1. The van der Waals surface area contributed by atoms with E-state index in [-0.39, 0.29) is 44.1 Å². The quantitative estimate of drug-likeness (QED) is 0.128. The summed E-state index contributed by atoms with van der Waals surface area (Å²) in [7, 11) is 1.62. The third-order valence-electron chi connectivity index (χ3n) is 10.1. The van der Waals surface area contributed by atoms with Gasteiger partial charge in [0.25, 0.3) is 0 Å². The largest absolute Gasteiger partial charge is 0.492 e. The second kappa shape index (κ2) is 21.4. The summed E-state index contributed by atoms with van der Waals surface area (Å²) >= 11 is 0. The number of rotatable bonds is 9. The molecule has 5 amide bonds. The minimum atomic E-state index is -1.38. The number of benzene rings is 3. The van der Waals surface area contributed by atoms with Crippen LogP contribution < -0.4 is 36.6 Å². The summed E-state index contributed by atoms with van der Waals surface area (Å²) in [6.45, 7) is 5.85. The molecule has 0 unspecified atom stereocenters. The molecular formula is C43H53N9O8. The molecule has 7 N–H and O–H groups in total. The molecule has 5 atom stereocenters. The first-order chi connectivity index (χ1) is 28.8. The van der Waals surface area contributed by atoms with Gasteiger partial charge >= 0.3 is 5.97 Å². The van der Waals surface area contributed by atoms with Gasteiger partial charge in [0.2, 0.25) is 29.5 Å². The van der Waals surface area contributed by atoms with E-state index in [0.717, 1.165) is 0 Å². The van der Waals surface area contributed by atoms with Gasteiger partial charge < -0.3 is 41.7 Å². The number of aliphatic carboxylic acids is 1. The van der Waals surface area contributed by atoms with Gasteiger partial charge in [-0.25, -0.2) is 9.48 Å². The number of hydrogen-bond donors (Lipinski definition) is 7. The van der Waals surface area contributed by atoms with Crippen LogP contribution in [0.5, 0.6) is 5.75 Å². The Morgan fingerprint density at radius 2 is 1.55 bits per heavy atom. The molecule has 318 valence electrons. The van der Waals surface area contributed by atoms with E-state index < -0.39 is 59.8 Å². The highest BCUT2D eigenvalue weighted by atomic mass is 16.5. The summed E-state index contributed by atoms with van der Waals surface area (Å²) in [5.41, 5.74) is 3.06. The average Bonchev–Trinajstić information content (AvgIpc) is 3.69. The molecule has 4 aromatic rings. The number of nitrogens with zero attached hydrogens (tertiary/aromatic N) is 3. The van der Waals surface area contributed by atoms with Crippen molar-refractivity contribution in [1.82, 2.24) is 41.6 Å². The number of anilines is 1. The molecule has 0 saturated carbocycles. The van der Waals surface area contributed by atoms with Crippen LogP contribution in [0, 0.1) is 5.92 Å². The number of carboxylic acid groups (broad SMARTS) is 1. The fourth-order valence-electron chi connectivity index (χ4n) is 6.42. The monoisotopic (exact) mass is 823 g/mol. The van der Waals surface area contributed by atoms with Crippen LogP contribution in [-0.2, 0) is 61.0 Å². The lowest BCUT2D eigenvalue weighted by molar-refractivity contribution is -0.142. The summed E-state index contributed by atoms with van der Waals surface area (Å²) in [6.07, 6.45) is 2.18. The van der Waals surface area contributed by atoms with Gasteiger partial charge in [-0.3, -0.25) is 24.0 Å². The van der Waals surface area contributed by atoms with Crippen LogP contribution in [0.25, 0.3) is 0 Å². The summed E-state index contributed by atoms with van der Waals surface area (Å²) < 4.78 is 7.56. The van der Waals surface area contributed by atoms with E-state index in [9.17, 15) is 33.9 Å². The zero-order valence-corrected chi connectivity index (χ0v) is 34.1. The summed E-state index contributed by atoms with van der Waals surface area (Å²) in [5, 5.41) is 35.1. The molecule has 3 aromatic carbocycles. The smallest absolute Gasteiger partial charge is 0.326 e. The van der Waals surface area contributed by atoms with Crippen molar-refractivity contribution in [3.63, 3.8) is 0 Å². The number of aromatic nitrogens is 3. The molecule has 0 fully saturated rings. The van der Waals surface area contributed by atoms with Crippen LogP contribution in [0.4, 0.5) is 5.69 Å². The van der Waals surface area contributed by atoms with Gasteiger partial charge in [0.05, 0.1) is 18.3 Å². The van der Waals surface area contributed by atoms with Crippen LogP contribution in [0.3, 0.4) is 0 Å². The van der Waals surface area contributed by atoms with Crippen LogP contribution in [0.2, 0.25) is 0 Å². The summed E-state index contributed by atoms with van der Waals surface area (Å²) in [6, 6.07) is 17.0. The van der Waals surface area contributed by atoms with Gasteiger partial charge in [0.1, 0.15) is 36.5 Å². The number of carbonyl (C=O) groups excluding carboxylic acids is 5. The number of nitrogens with one attached hydrogen (secondary N) is 6. The molecule has 8 rings (SSSR count). The highest BCUT2D eigenvalue weighted by Crippen LogP contribution is 2.16. The molecule has 0 aliphatic carbocycles. The lowest BCUT2D eigenvalue weighted by atomic mass is 9.99. The number of likely N-dealkylation sites (N-methyl/N-ethyl adjacent to an activating group) is 1. The Labute approximate surface area is 348 Å². The molecular weight excluding hydrogens is 771 g/mol. The Morgan fingerprint density at radius 3 is 2.22 bits per heavy atom.